The molecule has 0 aromatic carbocycles. The quantitative estimate of drug-likeness (QED) is 0.432. The molecule has 1 amide bonds. The average molecular weight is 495 g/mol. The molecule has 35 heavy (non-hydrogen) atoms. The molecule has 4 heterocycles. The molecule has 5 rings (SSSR count). The first kappa shape index (κ1) is 23.5. The van der Waals surface area contributed by atoms with E-state index in [-0.39, 0.29) is 17.9 Å². The first-order valence-corrected chi connectivity index (χ1v) is 12.6. The second-order valence-corrected chi connectivity index (χ2v) is 9.97. The number of rotatable bonds is 5. The smallest absolute Gasteiger partial charge is 0.226 e. The molecule has 2 aliphatic rings. The van der Waals surface area contributed by atoms with Gasteiger partial charge in [0.1, 0.15) is 10.8 Å². The number of amidine groups is 1. The van der Waals surface area contributed by atoms with Crippen LogP contribution in [-0.4, -0.2) is 72.9 Å². The van der Waals surface area contributed by atoms with E-state index in [9.17, 15) is 4.79 Å². The van der Waals surface area contributed by atoms with Crippen LogP contribution < -0.4 is 10.1 Å². The van der Waals surface area contributed by atoms with E-state index in [0.29, 0.717) is 37.8 Å². The molecule has 0 saturated carbocycles. The minimum Gasteiger partial charge on any atom is -0.493 e. The first-order valence-electron chi connectivity index (χ1n) is 11.8. The minimum atomic E-state index is -0.0217. The number of methoxy groups -OCH3 is 1. The Balaban J connectivity index is 1.43. The zero-order valence-electron chi connectivity index (χ0n) is 20.3. The number of ether oxygens (including phenoxy) is 2. The number of pyridine rings is 1. The van der Waals surface area contributed by atoms with E-state index in [1.807, 2.05) is 23.2 Å². The summed E-state index contributed by atoms with van der Waals surface area (Å²) in [5.41, 5.74) is 3.90. The third kappa shape index (κ3) is 4.32. The van der Waals surface area contributed by atoms with Gasteiger partial charge >= 0.3 is 0 Å². The van der Waals surface area contributed by atoms with Gasteiger partial charge < -0.3 is 19.7 Å². The molecular formula is C25H30N6O3S. The van der Waals surface area contributed by atoms with Crippen molar-refractivity contribution in [2.24, 2.45) is 15.9 Å². The van der Waals surface area contributed by atoms with E-state index in [1.54, 1.807) is 36.2 Å². The number of hydrogen-bond donors (Lipinski definition) is 1. The summed E-state index contributed by atoms with van der Waals surface area (Å²) in [7, 11) is 3.40. The zero-order chi connectivity index (χ0) is 24.5. The van der Waals surface area contributed by atoms with E-state index < -0.39 is 0 Å². The predicted octanol–water partition coefficient (Wildman–Crippen LogP) is 3.58. The van der Waals surface area contributed by atoms with E-state index in [0.717, 1.165) is 34.6 Å². The molecule has 0 radical (unpaired) electrons. The van der Waals surface area contributed by atoms with Crippen molar-refractivity contribution in [1.29, 1.82) is 0 Å². The van der Waals surface area contributed by atoms with Gasteiger partial charge in [0.05, 0.1) is 49.3 Å². The van der Waals surface area contributed by atoms with Crippen LogP contribution in [0.25, 0.3) is 5.52 Å². The SMILES string of the molecule is C=Nc1sc2c(c1C(=NC)Nc1cc3ccnn3cc1OC)CC[C@H](C(=O)N1CCOC[C@H]1C)C2. The number of carbonyl (C=O) groups is 1. The lowest BCUT2D eigenvalue weighted by Gasteiger charge is -2.36. The summed E-state index contributed by atoms with van der Waals surface area (Å²) in [4.78, 5) is 25.4. The lowest BCUT2D eigenvalue weighted by Crippen LogP contribution is -2.50. The Kier molecular flexibility index (Phi) is 6.57. The number of anilines is 1. The molecule has 2 atom stereocenters. The normalized spacial score (nSPS) is 20.5. The molecule has 1 aliphatic carbocycles. The van der Waals surface area contributed by atoms with E-state index >= 15 is 0 Å². The zero-order valence-corrected chi connectivity index (χ0v) is 21.1. The molecule has 1 N–H and O–H groups in total. The second-order valence-electron chi connectivity index (χ2n) is 8.89. The summed E-state index contributed by atoms with van der Waals surface area (Å²) in [5, 5.41) is 8.56. The van der Waals surface area contributed by atoms with Gasteiger partial charge in [0.2, 0.25) is 5.91 Å². The van der Waals surface area contributed by atoms with Crippen LogP contribution in [0.4, 0.5) is 10.7 Å². The summed E-state index contributed by atoms with van der Waals surface area (Å²) in [6.45, 7) is 7.75. The van der Waals surface area contributed by atoms with Gasteiger partial charge in [0.25, 0.3) is 0 Å². The topological polar surface area (TPSA) is 92.8 Å². The number of carbonyl (C=O) groups excluding carboxylic acids is 1. The predicted molar refractivity (Wildman–Crippen MR) is 139 cm³/mol. The number of amides is 1. The van der Waals surface area contributed by atoms with Crippen LogP contribution in [0, 0.1) is 5.92 Å². The monoisotopic (exact) mass is 494 g/mol. The molecular weight excluding hydrogens is 464 g/mol. The summed E-state index contributed by atoms with van der Waals surface area (Å²) in [6.07, 6.45) is 5.90. The van der Waals surface area contributed by atoms with Gasteiger partial charge in [-0.2, -0.15) is 5.10 Å². The summed E-state index contributed by atoms with van der Waals surface area (Å²) in [5.74, 6) is 1.57. The van der Waals surface area contributed by atoms with Crippen LogP contribution in [0.2, 0.25) is 0 Å². The van der Waals surface area contributed by atoms with Crippen LogP contribution in [0.1, 0.15) is 29.3 Å². The Morgan fingerprint density at radius 3 is 3.03 bits per heavy atom. The fourth-order valence-corrected chi connectivity index (χ4v) is 6.22. The van der Waals surface area contributed by atoms with Crippen molar-refractivity contribution in [2.45, 2.75) is 32.2 Å². The van der Waals surface area contributed by atoms with Crippen molar-refractivity contribution in [3.8, 4) is 5.75 Å². The van der Waals surface area contributed by atoms with Gasteiger partial charge in [-0.1, -0.05) is 0 Å². The lowest BCUT2D eigenvalue weighted by atomic mass is 9.85. The van der Waals surface area contributed by atoms with Crippen molar-refractivity contribution < 1.29 is 14.3 Å². The van der Waals surface area contributed by atoms with Gasteiger partial charge in [-0.3, -0.25) is 14.8 Å². The molecule has 0 unspecified atom stereocenters. The van der Waals surface area contributed by atoms with E-state index in [1.165, 1.54) is 10.4 Å². The Morgan fingerprint density at radius 2 is 2.29 bits per heavy atom. The van der Waals surface area contributed by atoms with Gasteiger partial charge in [-0.25, -0.2) is 4.52 Å². The lowest BCUT2D eigenvalue weighted by molar-refractivity contribution is -0.143. The fourth-order valence-electron chi connectivity index (χ4n) is 4.99. The van der Waals surface area contributed by atoms with Crippen LogP contribution in [0.15, 0.2) is 34.5 Å². The van der Waals surface area contributed by atoms with Gasteiger partial charge in [-0.15, -0.1) is 11.3 Å². The highest BCUT2D eigenvalue weighted by Crippen LogP contribution is 2.42. The molecule has 9 nitrogen and oxygen atoms in total. The Bertz CT molecular complexity index is 1300. The second kappa shape index (κ2) is 9.79. The number of hydrogen-bond acceptors (Lipinski definition) is 7. The molecule has 1 aliphatic heterocycles. The van der Waals surface area contributed by atoms with E-state index in [4.69, 9.17) is 9.47 Å². The van der Waals surface area contributed by atoms with E-state index in [2.05, 4.69) is 34.0 Å². The maximum atomic E-state index is 13.3. The number of morpholine rings is 1. The molecule has 184 valence electrons. The highest BCUT2D eigenvalue weighted by molar-refractivity contribution is 7.16. The third-order valence-electron chi connectivity index (χ3n) is 6.82. The van der Waals surface area contributed by atoms with Crippen molar-refractivity contribution in [3.63, 3.8) is 0 Å². The number of aliphatic imine (C=N–C) groups is 2. The first-order chi connectivity index (χ1) is 17.0. The molecule has 0 spiro atoms. The molecule has 10 heteroatoms. The minimum absolute atomic E-state index is 0.0217. The summed E-state index contributed by atoms with van der Waals surface area (Å²) < 4.78 is 12.9. The molecule has 3 aromatic heterocycles. The van der Waals surface area contributed by atoms with Crippen LogP contribution in [-0.2, 0) is 22.4 Å². The molecule has 1 saturated heterocycles. The van der Waals surface area contributed by atoms with Crippen LogP contribution in [0.5, 0.6) is 5.75 Å². The summed E-state index contributed by atoms with van der Waals surface area (Å²) in [6, 6.07) is 4.03. The van der Waals surface area contributed by atoms with Crippen molar-refractivity contribution >= 4 is 46.0 Å². The maximum absolute atomic E-state index is 13.3. The van der Waals surface area contributed by atoms with Crippen molar-refractivity contribution in [1.82, 2.24) is 14.5 Å². The molecule has 1 fully saturated rings. The number of nitrogens with one attached hydrogen (secondary N) is 1. The standard InChI is InChI=1S/C25H30N6O3S/c1-15-14-34-10-9-30(15)25(32)16-5-6-18-21(11-16)35-24(27-3)22(18)23(26-2)29-19-12-17-7-8-28-31(17)13-20(19)33-4/h7-8,12-13,15-16H,3,5-6,9-11,14H2,1-2,4H3,(H,26,29)/t15-,16+/m1/s1. The maximum Gasteiger partial charge on any atom is 0.226 e. The fraction of sp³-hybridized carbons (Fsp3) is 0.440. The third-order valence-corrected chi connectivity index (χ3v) is 8.01. The van der Waals surface area contributed by atoms with Gasteiger partial charge in [0, 0.05) is 30.6 Å². The number of nitrogens with zero attached hydrogens (tertiary/aromatic N) is 5. The highest BCUT2D eigenvalue weighted by atomic mass is 32.1. The largest absolute Gasteiger partial charge is 0.493 e. The Morgan fingerprint density at radius 1 is 1.43 bits per heavy atom. The van der Waals surface area contributed by atoms with Gasteiger partial charge in [0.15, 0.2) is 5.75 Å². The average Bonchev–Trinajstić information content (AvgIpc) is 3.49. The van der Waals surface area contributed by atoms with Gasteiger partial charge in [-0.05, 0) is 50.6 Å². The number of fused-ring (bicyclic) bond motifs is 2. The Labute approximate surface area is 208 Å². The number of aromatic nitrogens is 2. The molecule has 3 aromatic rings. The van der Waals surface area contributed by atoms with Crippen LogP contribution >= 0.6 is 11.3 Å². The van der Waals surface area contributed by atoms with Crippen LogP contribution in [0.3, 0.4) is 0 Å². The molecule has 0 bridgehead atoms. The van der Waals surface area contributed by atoms with Crippen molar-refractivity contribution in [3.05, 3.63) is 40.5 Å². The highest BCUT2D eigenvalue weighted by Gasteiger charge is 2.35. The Hall–Kier alpha value is -3.24. The van der Waals surface area contributed by atoms with Crippen molar-refractivity contribution in [2.75, 3.05) is 39.2 Å². The number of thiophene rings is 1. The summed E-state index contributed by atoms with van der Waals surface area (Å²) >= 11 is 1.61.